The first-order chi connectivity index (χ1) is 12.8. The van der Waals surface area contributed by atoms with Crippen LogP contribution in [-0.2, 0) is 6.54 Å². The van der Waals surface area contributed by atoms with E-state index in [0.29, 0.717) is 18.3 Å². The molecular formula is C20H18N4O2. The summed E-state index contributed by atoms with van der Waals surface area (Å²) in [5.41, 5.74) is 8.63. The maximum atomic E-state index is 6.00. The highest BCUT2D eigenvalue weighted by atomic mass is 16.5. The van der Waals surface area contributed by atoms with Gasteiger partial charge in [-0.15, -0.1) is 0 Å². The van der Waals surface area contributed by atoms with Crippen LogP contribution in [0.25, 0.3) is 16.6 Å². The second-order valence-corrected chi connectivity index (χ2v) is 5.74. The Kier molecular flexibility index (Phi) is 4.25. The lowest BCUT2D eigenvalue weighted by Crippen LogP contribution is -1.97. The molecule has 0 radical (unpaired) electrons. The molecular weight excluding hydrogens is 328 g/mol. The Hall–Kier alpha value is -3.38. The second kappa shape index (κ2) is 6.85. The molecule has 4 rings (SSSR count). The van der Waals surface area contributed by atoms with Gasteiger partial charge in [-0.3, -0.25) is 0 Å². The van der Waals surface area contributed by atoms with Crippen molar-refractivity contribution >= 4 is 10.9 Å². The van der Waals surface area contributed by atoms with Crippen molar-refractivity contribution in [2.24, 2.45) is 5.73 Å². The fourth-order valence-electron chi connectivity index (χ4n) is 2.84. The maximum Gasteiger partial charge on any atom is 0.219 e. The molecule has 26 heavy (non-hydrogen) atoms. The molecule has 2 N–H and O–H groups in total. The monoisotopic (exact) mass is 346 g/mol. The second-order valence-electron chi connectivity index (χ2n) is 5.74. The molecule has 0 unspecified atom stereocenters. The predicted molar refractivity (Wildman–Crippen MR) is 99.8 cm³/mol. The van der Waals surface area contributed by atoms with Gasteiger partial charge in [-0.2, -0.15) is 0 Å². The molecule has 1 aromatic carbocycles. The first kappa shape index (κ1) is 16.1. The number of aromatic nitrogens is 3. The third-order valence-corrected chi connectivity index (χ3v) is 4.15. The number of rotatable bonds is 5. The van der Waals surface area contributed by atoms with Crippen molar-refractivity contribution in [1.29, 1.82) is 0 Å². The summed E-state index contributed by atoms with van der Waals surface area (Å²) in [7, 11) is 1.60. The average molecular weight is 346 g/mol. The van der Waals surface area contributed by atoms with E-state index in [2.05, 4.69) is 14.5 Å². The van der Waals surface area contributed by atoms with Crippen molar-refractivity contribution < 1.29 is 9.47 Å². The van der Waals surface area contributed by atoms with Gasteiger partial charge in [0.25, 0.3) is 0 Å². The molecule has 130 valence electrons. The Morgan fingerprint density at radius 3 is 2.73 bits per heavy atom. The van der Waals surface area contributed by atoms with Crippen molar-refractivity contribution in [3.8, 4) is 23.2 Å². The Morgan fingerprint density at radius 1 is 1.04 bits per heavy atom. The Labute approximate surface area is 150 Å². The number of ether oxygens (including phenoxy) is 2. The van der Waals surface area contributed by atoms with Crippen molar-refractivity contribution in [1.82, 2.24) is 14.5 Å². The standard InChI is InChI=1S/C20H18N4O2/c1-25-19-6-5-15(13-23-19)24-10-8-16-17(24)3-2-4-18(16)26-20-11-14(12-21)7-9-22-20/h2-11,13H,12,21H2,1H3. The molecule has 0 aliphatic rings. The molecule has 0 saturated heterocycles. The topological polar surface area (TPSA) is 75.2 Å². The molecule has 3 aromatic heterocycles. The van der Waals surface area contributed by atoms with Crippen LogP contribution in [0.15, 0.2) is 67.1 Å². The molecule has 0 aliphatic heterocycles. The number of methoxy groups -OCH3 is 1. The van der Waals surface area contributed by atoms with Crippen LogP contribution in [0, 0.1) is 0 Å². The lowest BCUT2D eigenvalue weighted by atomic mass is 10.2. The van der Waals surface area contributed by atoms with Crippen LogP contribution in [0.3, 0.4) is 0 Å². The Bertz CT molecular complexity index is 1040. The molecule has 0 aliphatic carbocycles. The molecule has 0 spiro atoms. The van der Waals surface area contributed by atoms with Crippen LogP contribution >= 0.6 is 0 Å². The van der Waals surface area contributed by atoms with Crippen LogP contribution in [0.1, 0.15) is 5.56 Å². The zero-order valence-corrected chi connectivity index (χ0v) is 14.3. The van der Waals surface area contributed by atoms with E-state index in [9.17, 15) is 0 Å². The summed E-state index contributed by atoms with van der Waals surface area (Å²) in [5.74, 6) is 1.85. The summed E-state index contributed by atoms with van der Waals surface area (Å²) >= 11 is 0. The van der Waals surface area contributed by atoms with E-state index < -0.39 is 0 Å². The van der Waals surface area contributed by atoms with Gasteiger partial charge in [0, 0.05) is 36.5 Å². The number of pyridine rings is 2. The van der Waals surface area contributed by atoms with Gasteiger partial charge in [0.15, 0.2) is 0 Å². The van der Waals surface area contributed by atoms with E-state index in [1.165, 1.54) is 0 Å². The van der Waals surface area contributed by atoms with Crippen LogP contribution in [0.5, 0.6) is 17.5 Å². The van der Waals surface area contributed by atoms with Crippen LogP contribution < -0.4 is 15.2 Å². The smallest absolute Gasteiger partial charge is 0.219 e. The van der Waals surface area contributed by atoms with E-state index in [-0.39, 0.29) is 0 Å². The Morgan fingerprint density at radius 2 is 1.96 bits per heavy atom. The fraction of sp³-hybridized carbons (Fsp3) is 0.100. The highest BCUT2D eigenvalue weighted by Crippen LogP contribution is 2.31. The summed E-state index contributed by atoms with van der Waals surface area (Å²) in [5, 5.41) is 0.989. The molecule has 6 heteroatoms. The van der Waals surface area contributed by atoms with Gasteiger partial charge in [-0.1, -0.05) is 6.07 Å². The van der Waals surface area contributed by atoms with Crippen LogP contribution in [0.4, 0.5) is 0 Å². The van der Waals surface area contributed by atoms with E-state index in [1.54, 1.807) is 19.5 Å². The number of hydrogen-bond acceptors (Lipinski definition) is 5. The largest absolute Gasteiger partial charge is 0.481 e. The van der Waals surface area contributed by atoms with Gasteiger partial charge in [0.2, 0.25) is 11.8 Å². The average Bonchev–Trinajstić information content (AvgIpc) is 3.13. The van der Waals surface area contributed by atoms with Crippen LogP contribution in [0.2, 0.25) is 0 Å². The third-order valence-electron chi connectivity index (χ3n) is 4.15. The molecule has 6 nitrogen and oxygen atoms in total. The Balaban J connectivity index is 1.72. The van der Waals surface area contributed by atoms with Crippen molar-refractivity contribution in [3.05, 3.63) is 72.7 Å². The number of benzene rings is 1. The minimum Gasteiger partial charge on any atom is -0.481 e. The normalized spacial score (nSPS) is 10.8. The summed E-state index contributed by atoms with van der Waals surface area (Å²) in [6, 6.07) is 15.5. The first-order valence-electron chi connectivity index (χ1n) is 8.22. The van der Waals surface area contributed by atoms with Gasteiger partial charge in [0.05, 0.1) is 24.5 Å². The minimum atomic E-state index is 0.448. The molecule has 0 fully saturated rings. The highest BCUT2D eigenvalue weighted by molar-refractivity contribution is 5.88. The fourth-order valence-corrected chi connectivity index (χ4v) is 2.84. The highest BCUT2D eigenvalue weighted by Gasteiger charge is 2.10. The van der Waals surface area contributed by atoms with Crippen LogP contribution in [-0.4, -0.2) is 21.6 Å². The minimum absolute atomic E-state index is 0.448. The van der Waals surface area contributed by atoms with Crippen molar-refractivity contribution in [3.63, 3.8) is 0 Å². The predicted octanol–water partition coefficient (Wildman–Crippen LogP) is 3.68. The number of nitrogens with two attached hydrogens (primary N) is 1. The lowest BCUT2D eigenvalue weighted by molar-refractivity contribution is 0.398. The quantitative estimate of drug-likeness (QED) is 0.596. The summed E-state index contributed by atoms with van der Waals surface area (Å²) < 4.78 is 13.2. The van der Waals surface area contributed by atoms with Gasteiger partial charge >= 0.3 is 0 Å². The molecule has 0 bridgehead atoms. The van der Waals surface area contributed by atoms with Gasteiger partial charge in [-0.05, 0) is 35.9 Å². The zero-order chi connectivity index (χ0) is 17.9. The first-order valence-corrected chi connectivity index (χ1v) is 8.22. The van der Waals surface area contributed by atoms with Gasteiger partial charge < -0.3 is 19.8 Å². The van der Waals surface area contributed by atoms with Gasteiger partial charge in [-0.25, -0.2) is 9.97 Å². The van der Waals surface area contributed by atoms with E-state index in [4.69, 9.17) is 15.2 Å². The summed E-state index contributed by atoms with van der Waals surface area (Å²) in [6.07, 6.45) is 5.47. The summed E-state index contributed by atoms with van der Waals surface area (Å²) in [4.78, 5) is 8.54. The molecule has 0 saturated carbocycles. The molecule has 0 atom stereocenters. The third kappa shape index (κ3) is 2.98. The molecule has 3 heterocycles. The van der Waals surface area contributed by atoms with Gasteiger partial charge in [0.1, 0.15) is 5.75 Å². The molecule has 0 amide bonds. The SMILES string of the molecule is COc1ccc(-n2ccc3c(Oc4cc(CN)ccn4)cccc32)cn1. The van der Waals surface area contributed by atoms with E-state index >= 15 is 0 Å². The number of hydrogen-bond donors (Lipinski definition) is 1. The van der Waals surface area contributed by atoms with Crippen molar-refractivity contribution in [2.45, 2.75) is 6.54 Å². The molecule has 4 aromatic rings. The lowest BCUT2D eigenvalue weighted by Gasteiger charge is -2.09. The zero-order valence-electron chi connectivity index (χ0n) is 14.3. The van der Waals surface area contributed by atoms with E-state index in [1.807, 2.05) is 54.7 Å². The maximum absolute atomic E-state index is 6.00. The van der Waals surface area contributed by atoms with E-state index in [0.717, 1.165) is 27.9 Å². The number of nitrogens with zero attached hydrogens (tertiary/aromatic N) is 3. The number of fused-ring (bicyclic) bond motifs is 1. The van der Waals surface area contributed by atoms with Crippen molar-refractivity contribution in [2.75, 3.05) is 7.11 Å². The summed E-state index contributed by atoms with van der Waals surface area (Å²) in [6.45, 7) is 0.448.